The van der Waals surface area contributed by atoms with Gasteiger partial charge in [0.15, 0.2) is 0 Å². The third-order valence-corrected chi connectivity index (χ3v) is 3.34. The van der Waals surface area contributed by atoms with Crippen LogP contribution in [0, 0.1) is 12.7 Å². The van der Waals surface area contributed by atoms with Gasteiger partial charge in [-0.05, 0) is 52.2 Å². The van der Waals surface area contributed by atoms with Crippen molar-refractivity contribution in [3.8, 4) is 0 Å². The lowest BCUT2D eigenvalue weighted by molar-refractivity contribution is -0.153. The molecule has 1 aromatic rings. The Bertz CT molecular complexity index is 520. The number of carbonyl (C=O) groups is 1. The largest absolute Gasteiger partial charge is 0.459 e. The van der Waals surface area contributed by atoms with Gasteiger partial charge in [0.25, 0.3) is 0 Å². The minimum absolute atomic E-state index is 0.175. The Morgan fingerprint density at radius 3 is 2.75 bits per heavy atom. The van der Waals surface area contributed by atoms with Gasteiger partial charge in [0.1, 0.15) is 18.0 Å². The average molecular weight is 279 g/mol. The van der Waals surface area contributed by atoms with Crippen LogP contribution in [0.1, 0.15) is 38.3 Å². The summed E-state index contributed by atoms with van der Waals surface area (Å²) >= 11 is 0. The first-order chi connectivity index (χ1) is 9.28. The number of benzene rings is 1. The molecule has 0 aromatic heterocycles. The van der Waals surface area contributed by atoms with Crippen LogP contribution in [0.5, 0.6) is 0 Å². The van der Waals surface area contributed by atoms with E-state index in [9.17, 15) is 9.18 Å². The Morgan fingerprint density at radius 2 is 2.10 bits per heavy atom. The summed E-state index contributed by atoms with van der Waals surface area (Å²) in [6, 6.07) is 3.27. The van der Waals surface area contributed by atoms with E-state index in [-0.39, 0.29) is 18.3 Å². The molecule has 1 aliphatic heterocycles. The second kappa shape index (κ2) is 5.43. The third-order valence-electron chi connectivity index (χ3n) is 3.34. The van der Waals surface area contributed by atoms with Crippen molar-refractivity contribution < 1.29 is 13.9 Å². The Labute approximate surface area is 119 Å². The van der Waals surface area contributed by atoms with Crippen molar-refractivity contribution >= 4 is 11.7 Å². The van der Waals surface area contributed by atoms with Gasteiger partial charge in [-0.25, -0.2) is 4.39 Å². The molecule has 4 heteroatoms. The molecule has 0 atom stereocenters. The molecule has 0 spiro atoms. The third kappa shape index (κ3) is 3.30. The minimum Gasteiger partial charge on any atom is -0.459 e. The first-order valence-electron chi connectivity index (χ1n) is 7.03. The highest BCUT2D eigenvalue weighted by Gasteiger charge is 2.25. The Kier molecular flexibility index (Phi) is 4.02. The highest BCUT2D eigenvalue weighted by atomic mass is 19.1. The smallest absolute Gasteiger partial charge is 0.326 e. The number of carbonyl (C=O) groups excluding carboxylic acids is 1. The van der Waals surface area contributed by atoms with Gasteiger partial charge in [-0.1, -0.05) is 6.07 Å². The van der Waals surface area contributed by atoms with E-state index < -0.39 is 5.60 Å². The number of aryl methyl sites for hydroxylation is 1. The molecule has 0 saturated heterocycles. The van der Waals surface area contributed by atoms with E-state index in [1.54, 1.807) is 6.07 Å². The van der Waals surface area contributed by atoms with Gasteiger partial charge in [0.2, 0.25) is 0 Å². The summed E-state index contributed by atoms with van der Waals surface area (Å²) < 4.78 is 19.2. The van der Waals surface area contributed by atoms with Crippen LogP contribution >= 0.6 is 0 Å². The van der Waals surface area contributed by atoms with E-state index in [1.807, 2.05) is 32.6 Å². The van der Waals surface area contributed by atoms with Crippen LogP contribution in [-0.2, 0) is 16.0 Å². The number of rotatable bonds is 2. The SMILES string of the molecule is Cc1ccc(F)c2c1N(CC(=O)OC(C)(C)C)CCC2. The van der Waals surface area contributed by atoms with Gasteiger partial charge in [-0.15, -0.1) is 0 Å². The van der Waals surface area contributed by atoms with Gasteiger partial charge in [-0.3, -0.25) is 4.79 Å². The quantitative estimate of drug-likeness (QED) is 0.778. The molecule has 0 N–H and O–H groups in total. The highest BCUT2D eigenvalue weighted by Crippen LogP contribution is 2.32. The number of ether oxygens (including phenoxy) is 1. The van der Waals surface area contributed by atoms with Crippen LogP contribution in [-0.4, -0.2) is 24.7 Å². The van der Waals surface area contributed by atoms with Crippen LogP contribution in [0.4, 0.5) is 10.1 Å². The second-order valence-corrected chi connectivity index (χ2v) is 6.30. The van der Waals surface area contributed by atoms with E-state index in [0.29, 0.717) is 0 Å². The molecule has 0 unspecified atom stereocenters. The molecule has 0 amide bonds. The number of anilines is 1. The summed E-state index contributed by atoms with van der Waals surface area (Å²) in [5.74, 6) is -0.450. The average Bonchev–Trinajstić information content (AvgIpc) is 2.31. The van der Waals surface area contributed by atoms with E-state index >= 15 is 0 Å². The summed E-state index contributed by atoms with van der Waals surface area (Å²) in [6.45, 7) is 8.43. The van der Waals surface area contributed by atoms with E-state index in [4.69, 9.17) is 4.74 Å². The topological polar surface area (TPSA) is 29.5 Å². The number of esters is 1. The normalized spacial score (nSPS) is 14.9. The molecule has 1 heterocycles. The molecule has 20 heavy (non-hydrogen) atoms. The predicted octanol–water partition coefficient (Wildman–Crippen LogP) is 3.23. The van der Waals surface area contributed by atoms with Gasteiger partial charge >= 0.3 is 5.97 Å². The first kappa shape index (κ1) is 14.8. The number of halogens is 1. The van der Waals surface area contributed by atoms with Crippen LogP contribution in [0.3, 0.4) is 0 Å². The molecular formula is C16H22FNO2. The maximum atomic E-state index is 13.9. The summed E-state index contributed by atoms with van der Waals surface area (Å²) in [5.41, 5.74) is 2.10. The maximum Gasteiger partial charge on any atom is 0.326 e. The van der Waals surface area contributed by atoms with E-state index in [2.05, 4.69) is 0 Å². The molecule has 1 aliphatic rings. The fourth-order valence-electron chi connectivity index (χ4n) is 2.65. The van der Waals surface area contributed by atoms with Crippen LogP contribution in [0.25, 0.3) is 0 Å². The molecule has 2 rings (SSSR count). The molecule has 0 saturated carbocycles. The molecule has 0 aliphatic carbocycles. The van der Waals surface area contributed by atoms with Gasteiger partial charge < -0.3 is 9.64 Å². The van der Waals surface area contributed by atoms with E-state index in [0.717, 1.165) is 36.2 Å². The molecule has 1 aromatic carbocycles. The zero-order valence-corrected chi connectivity index (χ0v) is 12.6. The minimum atomic E-state index is -0.493. The lowest BCUT2D eigenvalue weighted by Crippen LogP contribution is -2.38. The summed E-state index contributed by atoms with van der Waals surface area (Å²) in [6.07, 6.45) is 1.59. The first-order valence-corrected chi connectivity index (χ1v) is 7.03. The zero-order chi connectivity index (χ0) is 14.9. The molecule has 110 valence electrons. The molecule has 0 bridgehead atoms. The van der Waals surface area contributed by atoms with Gasteiger partial charge in [0.05, 0.1) is 0 Å². The molecule has 0 fully saturated rings. The Balaban J connectivity index is 2.21. The van der Waals surface area contributed by atoms with Crippen molar-refractivity contribution in [3.05, 3.63) is 29.1 Å². The number of nitrogens with zero attached hydrogens (tertiary/aromatic N) is 1. The second-order valence-electron chi connectivity index (χ2n) is 6.30. The molecule has 0 radical (unpaired) electrons. The fraction of sp³-hybridized carbons (Fsp3) is 0.562. The predicted molar refractivity (Wildman–Crippen MR) is 77.5 cm³/mol. The fourth-order valence-corrected chi connectivity index (χ4v) is 2.65. The van der Waals surface area contributed by atoms with Crippen molar-refractivity contribution in [2.24, 2.45) is 0 Å². The van der Waals surface area contributed by atoms with Crippen molar-refractivity contribution in [1.82, 2.24) is 0 Å². The highest BCUT2D eigenvalue weighted by molar-refractivity contribution is 5.78. The number of fused-ring (bicyclic) bond motifs is 1. The molecular weight excluding hydrogens is 257 g/mol. The van der Waals surface area contributed by atoms with Gasteiger partial charge in [-0.2, -0.15) is 0 Å². The lowest BCUT2D eigenvalue weighted by Gasteiger charge is -2.33. The number of hydrogen-bond acceptors (Lipinski definition) is 3. The summed E-state index contributed by atoms with van der Waals surface area (Å²) in [7, 11) is 0. The van der Waals surface area contributed by atoms with Crippen LogP contribution in [0.2, 0.25) is 0 Å². The summed E-state index contributed by atoms with van der Waals surface area (Å²) in [5, 5.41) is 0. The van der Waals surface area contributed by atoms with Crippen molar-refractivity contribution in [2.45, 2.75) is 46.1 Å². The Morgan fingerprint density at radius 1 is 1.40 bits per heavy atom. The van der Waals surface area contributed by atoms with Crippen LogP contribution < -0.4 is 4.90 Å². The number of hydrogen-bond donors (Lipinski definition) is 0. The standard InChI is InChI=1S/C16H22FNO2/c1-11-7-8-13(17)12-6-5-9-18(15(11)12)10-14(19)20-16(2,3)4/h7-8H,5-6,9-10H2,1-4H3. The van der Waals surface area contributed by atoms with Crippen LogP contribution in [0.15, 0.2) is 12.1 Å². The van der Waals surface area contributed by atoms with Crippen molar-refractivity contribution in [3.63, 3.8) is 0 Å². The Hall–Kier alpha value is -1.58. The lowest BCUT2D eigenvalue weighted by atomic mass is 9.97. The summed E-state index contributed by atoms with van der Waals surface area (Å²) in [4.78, 5) is 13.9. The van der Waals surface area contributed by atoms with Gasteiger partial charge in [0, 0.05) is 17.8 Å². The van der Waals surface area contributed by atoms with Crippen molar-refractivity contribution in [1.29, 1.82) is 0 Å². The monoisotopic (exact) mass is 279 g/mol. The van der Waals surface area contributed by atoms with E-state index in [1.165, 1.54) is 6.07 Å². The zero-order valence-electron chi connectivity index (χ0n) is 12.6. The van der Waals surface area contributed by atoms with Crippen molar-refractivity contribution in [2.75, 3.05) is 18.0 Å². The molecule has 3 nitrogen and oxygen atoms in total. The maximum absolute atomic E-state index is 13.9.